The Morgan fingerprint density at radius 3 is 2.59 bits per heavy atom. The van der Waals surface area contributed by atoms with E-state index in [0.29, 0.717) is 31.3 Å². The summed E-state index contributed by atoms with van der Waals surface area (Å²) < 4.78 is 10.1. The molecule has 5 heteroatoms. The van der Waals surface area contributed by atoms with E-state index in [1.165, 1.54) is 0 Å². The summed E-state index contributed by atoms with van der Waals surface area (Å²) in [6.45, 7) is 4.31. The third-order valence-electron chi connectivity index (χ3n) is 3.27. The van der Waals surface area contributed by atoms with E-state index >= 15 is 0 Å². The zero-order valence-corrected chi connectivity index (χ0v) is 14.2. The van der Waals surface area contributed by atoms with Gasteiger partial charge in [0.1, 0.15) is 0 Å². The maximum atomic E-state index is 12.3. The summed E-state index contributed by atoms with van der Waals surface area (Å²) in [7, 11) is 3.28. The van der Waals surface area contributed by atoms with Gasteiger partial charge in [-0.1, -0.05) is 23.7 Å². The largest absolute Gasteiger partial charge is 0.385 e. The number of aryl methyl sites for hydroxylation is 1. The minimum absolute atomic E-state index is 0.0372. The summed E-state index contributed by atoms with van der Waals surface area (Å²) in [5, 5.41) is 0.700. The maximum Gasteiger partial charge on any atom is 0.246 e. The molecule has 0 radical (unpaired) electrons. The number of hydrogen-bond acceptors (Lipinski definition) is 3. The highest BCUT2D eigenvalue weighted by atomic mass is 35.5. The van der Waals surface area contributed by atoms with Crippen molar-refractivity contribution in [2.45, 2.75) is 13.3 Å². The van der Waals surface area contributed by atoms with Crippen LogP contribution >= 0.6 is 11.6 Å². The van der Waals surface area contributed by atoms with Crippen molar-refractivity contribution in [2.75, 3.05) is 40.5 Å². The molecule has 0 fully saturated rings. The van der Waals surface area contributed by atoms with E-state index < -0.39 is 0 Å². The summed E-state index contributed by atoms with van der Waals surface area (Å²) in [5.41, 5.74) is 1.93. The van der Waals surface area contributed by atoms with Crippen LogP contribution in [0.5, 0.6) is 0 Å². The molecule has 4 nitrogen and oxygen atoms in total. The number of nitrogens with zero attached hydrogens (tertiary/aromatic N) is 1. The van der Waals surface area contributed by atoms with E-state index in [9.17, 15) is 4.79 Å². The minimum Gasteiger partial charge on any atom is -0.385 e. The summed E-state index contributed by atoms with van der Waals surface area (Å²) in [6, 6.07) is 5.73. The van der Waals surface area contributed by atoms with Gasteiger partial charge in [0.05, 0.1) is 6.61 Å². The van der Waals surface area contributed by atoms with Gasteiger partial charge in [-0.2, -0.15) is 0 Å². The van der Waals surface area contributed by atoms with Gasteiger partial charge in [-0.3, -0.25) is 4.79 Å². The van der Waals surface area contributed by atoms with Gasteiger partial charge in [-0.05, 0) is 36.6 Å². The van der Waals surface area contributed by atoms with Gasteiger partial charge in [0.15, 0.2) is 0 Å². The van der Waals surface area contributed by atoms with Crippen molar-refractivity contribution < 1.29 is 14.3 Å². The van der Waals surface area contributed by atoms with Crippen molar-refractivity contribution in [3.63, 3.8) is 0 Å². The van der Waals surface area contributed by atoms with Crippen molar-refractivity contribution in [3.05, 3.63) is 40.4 Å². The third kappa shape index (κ3) is 6.60. The SMILES string of the molecule is COCCCN(CCOC)C(=O)/C=C/c1ccc(C)c(Cl)c1. The Morgan fingerprint density at radius 2 is 1.95 bits per heavy atom. The van der Waals surface area contributed by atoms with E-state index in [0.717, 1.165) is 17.5 Å². The second-order valence-electron chi connectivity index (χ2n) is 5.01. The van der Waals surface area contributed by atoms with Gasteiger partial charge >= 0.3 is 0 Å². The van der Waals surface area contributed by atoms with Gasteiger partial charge in [0, 0.05) is 45.0 Å². The lowest BCUT2D eigenvalue weighted by atomic mass is 10.1. The second kappa shape index (κ2) is 10.4. The first-order valence-electron chi connectivity index (χ1n) is 7.29. The number of halogens is 1. The van der Waals surface area contributed by atoms with Gasteiger partial charge in [-0.25, -0.2) is 0 Å². The fourth-order valence-electron chi connectivity index (χ4n) is 1.92. The molecule has 1 amide bonds. The number of methoxy groups -OCH3 is 2. The van der Waals surface area contributed by atoms with Crippen molar-refractivity contribution in [1.82, 2.24) is 4.90 Å². The highest BCUT2D eigenvalue weighted by molar-refractivity contribution is 6.31. The Kier molecular flexibility index (Phi) is 8.82. The van der Waals surface area contributed by atoms with Crippen LogP contribution in [-0.2, 0) is 14.3 Å². The molecule has 0 saturated carbocycles. The van der Waals surface area contributed by atoms with E-state index in [1.807, 2.05) is 25.1 Å². The highest BCUT2D eigenvalue weighted by Gasteiger charge is 2.09. The van der Waals surface area contributed by atoms with E-state index in [4.69, 9.17) is 21.1 Å². The van der Waals surface area contributed by atoms with Crippen LogP contribution in [-0.4, -0.2) is 51.3 Å². The molecule has 0 saturated heterocycles. The van der Waals surface area contributed by atoms with Crippen LogP contribution in [0, 0.1) is 6.92 Å². The molecule has 0 atom stereocenters. The van der Waals surface area contributed by atoms with Gasteiger partial charge in [0.25, 0.3) is 0 Å². The molecule has 0 aliphatic rings. The van der Waals surface area contributed by atoms with Crippen LogP contribution in [0.3, 0.4) is 0 Å². The first-order valence-corrected chi connectivity index (χ1v) is 7.67. The predicted molar refractivity (Wildman–Crippen MR) is 90.2 cm³/mol. The Bertz CT molecular complexity index is 503. The van der Waals surface area contributed by atoms with Gasteiger partial charge < -0.3 is 14.4 Å². The lowest BCUT2D eigenvalue weighted by Crippen LogP contribution is -2.34. The Labute approximate surface area is 137 Å². The van der Waals surface area contributed by atoms with E-state index in [2.05, 4.69) is 0 Å². The van der Waals surface area contributed by atoms with E-state index in [1.54, 1.807) is 31.3 Å². The number of amides is 1. The summed E-state index contributed by atoms with van der Waals surface area (Å²) in [5.74, 6) is -0.0372. The lowest BCUT2D eigenvalue weighted by Gasteiger charge is -2.20. The van der Waals surface area contributed by atoms with Crippen LogP contribution in [0.4, 0.5) is 0 Å². The monoisotopic (exact) mass is 325 g/mol. The quantitative estimate of drug-likeness (QED) is 0.517. The molecule has 0 aliphatic heterocycles. The van der Waals surface area contributed by atoms with Crippen LogP contribution < -0.4 is 0 Å². The molecule has 0 spiro atoms. The highest BCUT2D eigenvalue weighted by Crippen LogP contribution is 2.17. The average molecular weight is 326 g/mol. The molecule has 0 bridgehead atoms. The molecule has 1 aromatic carbocycles. The number of rotatable bonds is 9. The number of carbonyl (C=O) groups is 1. The van der Waals surface area contributed by atoms with Gasteiger partial charge in [0.2, 0.25) is 5.91 Å². The molecule has 0 aromatic heterocycles. The Morgan fingerprint density at radius 1 is 1.23 bits per heavy atom. The predicted octanol–water partition coefficient (Wildman–Crippen LogP) is 3.17. The number of benzene rings is 1. The first-order chi connectivity index (χ1) is 10.6. The van der Waals surface area contributed by atoms with Gasteiger partial charge in [-0.15, -0.1) is 0 Å². The fourth-order valence-corrected chi connectivity index (χ4v) is 2.11. The molecule has 0 aliphatic carbocycles. The van der Waals surface area contributed by atoms with Crippen molar-refractivity contribution in [3.8, 4) is 0 Å². The standard InChI is InChI=1S/C17H24ClNO3/c1-14-5-6-15(13-16(14)18)7-8-17(20)19(10-12-22-3)9-4-11-21-2/h5-8,13H,4,9-12H2,1-3H3/b8-7+. The topological polar surface area (TPSA) is 38.8 Å². The second-order valence-corrected chi connectivity index (χ2v) is 5.41. The summed E-state index contributed by atoms with van der Waals surface area (Å²) in [6.07, 6.45) is 4.16. The number of ether oxygens (including phenoxy) is 2. The zero-order valence-electron chi connectivity index (χ0n) is 13.5. The number of carbonyl (C=O) groups excluding carboxylic acids is 1. The zero-order chi connectivity index (χ0) is 16.4. The fraction of sp³-hybridized carbons (Fsp3) is 0.471. The molecular formula is C17H24ClNO3. The minimum atomic E-state index is -0.0372. The Hall–Kier alpha value is -1.36. The first kappa shape index (κ1) is 18.7. The van der Waals surface area contributed by atoms with Crippen LogP contribution in [0.2, 0.25) is 5.02 Å². The molecule has 0 unspecified atom stereocenters. The normalized spacial score (nSPS) is 11.1. The van der Waals surface area contributed by atoms with Crippen molar-refractivity contribution >= 4 is 23.6 Å². The molecule has 22 heavy (non-hydrogen) atoms. The molecule has 0 heterocycles. The summed E-state index contributed by atoms with van der Waals surface area (Å²) in [4.78, 5) is 14.0. The molecule has 0 N–H and O–H groups in total. The molecule has 1 aromatic rings. The average Bonchev–Trinajstić information content (AvgIpc) is 2.51. The van der Waals surface area contributed by atoms with Crippen LogP contribution in [0.1, 0.15) is 17.5 Å². The lowest BCUT2D eigenvalue weighted by molar-refractivity contribution is -0.126. The van der Waals surface area contributed by atoms with E-state index in [-0.39, 0.29) is 5.91 Å². The molecular weight excluding hydrogens is 302 g/mol. The third-order valence-corrected chi connectivity index (χ3v) is 3.67. The smallest absolute Gasteiger partial charge is 0.246 e. The maximum absolute atomic E-state index is 12.3. The molecule has 122 valence electrons. The number of hydrogen-bond donors (Lipinski definition) is 0. The van der Waals surface area contributed by atoms with Crippen LogP contribution in [0.15, 0.2) is 24.3 Å². The summed E-state index contributed by atoms with van der Waals surface area (Å²) >= 11 is 6.09. The van der Waals surface area contributed by atoms with Crippen LogP contribution in [0.25, 0.3) is 6.08 Å². The Balaban J connectivity index is 2.66. The van der Waals surface area contributed by atoms with Crippen molar-refractivity contribution in [1.29, 1.82) is 0 Å². The molecule has 1 rings (SSSR count). The van der Waals surface area contributed by atoms with Crippen molar-refractivity contribution in [2.24, 2.45) is 0 Å².